The van der Waals surface area contributed by atoms with Gasteiger partial charge in [0.2, 0.25) is 0 Å². The lowest BCUT2D eigenvalue weighted by atomic mass is 9.84. The Morgan fingerprint density at radius 2 is 1.24 bits per heavy atom. The second-order valence-corrected chi connectivity index (χ2v) is 9.07. The summed E-state index contributed by atoms with van der Waals surface area (Å²) in [6.45, 7) is 0. The zero-order valence-electron chi connectivity index (χ0n) is 15.5. The van der Waals surface area contributed by atoms with Gasteiger partial charge in [-0.15, -0.1) is 23.5 Å². The molecule has 0 saturated heterocycles. The fraction of sp³-hybridized carbons (Fsp3) is 0.167. The number of benzene rings is 2. The summed E-state index contributed by atoms with van der Waals surface area (Å²) in [4.78, 5) is 2.12. The van der Waals surface area contributed by atoms with Crippen LogP contribution in [0, 0.1) is 22.7 Å². The highest BCUT2D eigenvalue weighted by atomic mass is 32.2. The monoisotopic (exact) mass is 414 g/mol. The molecule has 1 aromatic heterocycles. The van der Waals surface area contributed by atoms with Crippen LogP contribution in [-0.2, 0) is 0 Å². The van der Waals surface area contributed by atoms with Crippen LogP contribution in [-0.4, -0.2) is 10.5 Å². The van der Waals surface area contributed by atoms with Crippen molar-refractivity contribution < 1.29 is 4.42 Å². The molecule has 1 aliphatic carbocycles. The molecule has 0 aliphatic heterocycles. The largest absolute Gasteiger partial charge is 0.468 e. The molecule has 3 nitrogen and oxygen atoms in total. The van der Waals surface area contributed by atoms with Crippen LogP contribution in [0.4, 0.5) is 0 Å². The van der Waals surface area contributed by atoms with E-state index in [1.807, 2.05) is 72.8 Å². The van der Waals surface area contributed by atoms with E-state index in [0.29, 0.717) is 0 Å². The van der Waals surface area contributed by atoms with E-state index in [1.165, 1.54) is 11.8 Å². The van der Waals surface area contributed by atoms with Gasteiger partial charge in [0, 0.05) is 21.3 Å². The summed E-state index contributed by atoms with van der Waals surface area (Å²) in [5.74, 6) is 0.574. The third kappa shape index (κ3) is 4.27. The van der Waals surface area contributed by atoms with E-state index in [4.69, 9.17) is 4.42 Å². The van der Waals surface area contributed by atoms with Crippen molar-refractivity contribution in [3.63, 3.8) is 0 Å². The van der Waals surface area contributed by atoms with Crippen LogP contribution in [0.5, 0.6) is 0 Å². The number of nitriles is 2. The number of hydrogen-bond acceptors (Lipinski definition) is 5. The van der Waals surface area contributed by atoms with Crippen LogP contribution in [0.2, 0.25) is 0 Å². The summed E-state index contributed by atoms with van der Waals surface area (Å²) in [5.41, 5.74) is 1.00. The van der Waals surface area contributed by atoms with Crippen molar-refractivity contribution >= 4 is 23.5 Å². The molecule has 2 aromatic carbocycles. The van der Waals surface area contributed by atoms with Crippen molar-refractivity contribution in [2.45, 2.75) is 32.1 Å². The zero-order valence-corrected chi connectivity index (χ0v) is 17.1. The maximum absolute atomic E-state index is 9.83. The highest BCUT2D eigenvalue weighted by Crippen LogP contribution is 2.45. The Morgan fingerprint density at radius 1 is 0.724 bits per heavy atom. The Labute approximate surface area is 179 Å². The molecule has 0 spiro atoms. The van der Waals surface area contributed by atoms with Crippen LogP contribution in [0.1, 0.15) is 23.2 Å². The van der Waals surface area contributed by atoms with Crippen LogP contribution >= 0.6 is 23.5 Å². The fourth-order valence-electron chi connectivity index (χ4n) is 3.46. The molecular formula is C24H18N2OS2. The molecule has 4 atom stereocenters. The summed E-state index contributed by atoms with van der Waals surface area (Å²) in [6.07, 6.45) is 5.78. The minimum Gasteiger partial charge on any atom is -0.468 e. The van der Waals surface area contributed by atoms with E-state index in [2.05, 4.69) is 18.2 Å². The second kappa shape index (κ2) is 9.09. The van der Waals surface area contributed by atoms with Gasteiger partial charge in [-0.2, -0.15) is 10.5 Å². The van der Waals surface area contributed by atoms with Crippen LogP contribution in [0.3, 0.4) is 0 Å². The van der Waals surface area contributed by atoms with Gasteiger partial charge in [-0.25, -0.2) is 0 Å². The van der Waals surface area contributed by atoms with Gasteiger partial charge in [0.05, 0.1) is 24.3 Å². The van der Waals surface area contributed by atoms with Crippen molar-refractivity contribution in [3.05, 3.63) is 96.5 Å². The van der Waals surface area contributed by atoms with E-state index in [-0.39, 0.29) is 22.3 Å². The predicted molar refractivity (Wildman–Crippen MR) is 117 cm³/mol. The standard InChI is InChI=1S/C24H18N2OS2/c25-15-22(28-17-7-3-1-4-8-17)19-11-12-21(24-20(19)13-14-27-24)23(16-26)29-18-9-5-2-6-10-18/h1-14,19,21-23H. The molecule has 142 valence electrons. The highest BCUT2D eigenvalue weighted by Gasteiger charge is 2.35. The predicted octanol–water partition coefficient (Wildman–Crippen LogP) is 6.39. The fourth-order valence-corrected chi connectivity index (χ4v) is 5.53. The van der Waals surface area contributed by atoms with E-state index in [0.717, 1.165) is 21.1 Å². The summed E-state index contributed by atoms with van der Waals surface area (Å²) in [5, 5.41) is 19.1. The minimum absolute atomic E-state index is 0.0729. The molecule has 1 heterocycles. The molecule has 0 amide bonds. The third-order valence-electron chi connectivity index (χ3n) is 4.83. The molecule has 29 heavy (non-hydrogen) atoms. The molecule has 4 unspecified atom stereocenters. The topological polar surface area (TPSA) is 60.7 Å². The maximum Gasteiger partial charge on any atom is 0.116 e. The van der Waals surface area contributed by atoms with Gasteiger partial charge in [-0.05, 0) is 30.3 Å². The zero-order chi connectivity index (χ0) is 20.1. The number of fused-ring (bicyclic) bond motifs is 1. The van der Waals surface area contributed by atoms with Crippen molar-refractivity contribution in [2.24, 2.45) is 0 Å². The average molecular weight is 415 g/mol. The summed E-state index contributed by atoms with van der Waals surface area (Å²) >= 11 is 3.09. The third-order valence-corrected chi connectivity index (χ3v) is 7.23. The summed E-state index contributed by atoms with van der Waals surface area (Å²) in [7, 11) is 0. The number of hydrogen-bond donors (Lipinski definition) is 0. The Balaban J connectivity index is 1.59. The number of rotatable bonds is 6. The number of allylic oxidation sites excluding steroid dienone is 2. The molecule has 1 aliphatic rings. The maximum atomic E-state index is 9.83. The molecule has 3 aromatic rings. The number of nitrogens with zero attached hydrogens (tertiary/aromatic N) is 2. The first-order valence-corrected chi connectivity index (χ1v) is 11.0. The lowest BCUT2D eigenvalue weighted by molar-refractivity contribution is 0.482. The quantitative estimate of drug-likeness (QED) is 0.346. The van der Waals surface area contributed by atoms with Crippen LogP contribution in [0.25, 0.3) is 0 Å². The molecule has 5 heteroatoms. The summed E-state index contributed by atoms with van der Waals surface area (Å²) in [6, 6.07) is 26.7. The first kappa shape index (κ1) is 19.5. The van der Waals surface area contributed by atoms with Crippen LogP contribution in [0.15, 0.2) is 99.4 Å². The molecule has 0 saturated carbocycles. The van der Waals surface area contributed by atoms with Gasteiger partial charge in [0.25, 0.3) is 0 Å². The van der Waals surface area contributed by atoms with Crippen molar-refractivity contribution in [1.82, 2.24) is 0 Å². The smallest absolute Gasteiger partial charge is 0.116 e. The van der Waals surface area contributed by atoms with Gasteiger partial charge in [0.15, 0.2) is 0 Å². The first-order valence-electron chi connectivity index (χ1n) is 9.28. The normalized spacial score (nSPS) is 19.5. The summed E-state index contributed by atoms with van der Waals surface area (Å²) < 4.78 is 5.83. The Kier molecular flexibility index (Phi) is 6.10. The lowest BCUT2D eigenvalue weighted by Gasteiger charge is -2.27. The van der Waals surface area contributed by atoms with E-state index in [9.17, 15) is 10.5 Å². The van der Waals surface area contributed by atoms with Crippen LogP contribution < -0.4 is 0 Å². The molecular weight excluding hydrogens is 396 g/mol. The van der Waals surface area contributed by atoms with Gasteiger partial charge in [-0.1, -0.05) is 48.6 Å². The average Bonchev–Trinajstić information content (AvgIpc) is 3.27. The second-order valence-electron chi connectivity index (χ2n) is 6.64. The van der Waals surface area contributed by atoms with Gasteiger partial charge in [-0.3, -0.25) is 0 Å². The molecule has 0 bridgehead atoms. The van der Waals surface area contributed by atoms with Gasteiger partial charge >= 0.3 is 0 Å². The number of thioether (sulfide) groups is 2. The lowest BCUT2D eigenvalue weighted by Crippen LogP contribution is -2.21. The highest BCUT2D eigenvalue weighted by molar-refractivity contribution is 8.00. The molecule has 0 radical (unpaired) electrons. The molecule has 0 fully saturated rings. The minimum atomic E-state index is -0.304. The van der Waals surface area contributed by atoms with E-state index >= 15 is 0 Å². The Morgan fingerprint density at radius 3 is 1.79 bits per heavy atom. The van der Waals surface area contributed by atoms with E-state index in [1.54, 1.807) is 18.0 Å². The Bertz CT molecular complexity index is 980. The van der Waals surface area contributed by atoms with Crippen molar-refractivity contribution in [2.75, 3.05) is 0 Å². The van der Waals surface area contributed by atoms with Gasteiger partial charge in [0.1, 0.15) is 16.3 Å². The van der Waals surface area contributed by atoms with Crippen molar-refractivity contribution in [1.29, 1.82) is 10.5 Å². The first-order chi connectivity index (χ1) is 14.3. The molecule has 4 rings (SSSR count). The van der Waals surface area contributed by atoms with Crippen molar-refractivity contribution in [3.8, 4) is 12.1 Å². The van der Waals surface area contributed by atoms with Gasteiger partial charge < -0.3 is 4.42 Å². The number of furan rings is 1. The molecule has 0 N–H and O–H groups in total. The Hall–Kier alpha value is -2.86. The SMILES string of the molecule is N#CC(Sc1ccccc1)C1C=CC(C(C#N)Sc2ccccc2)c2occc21. The van der Waals surface area contributed by atoms with E-state index < -0.39 is 0 Å².